The molecule has 1 saturated carbocycles. The van der Waals surface area contributed by atoms with Crippen molar-refractivity contribution in [1.29, 1.82) is 0 Å². The average molecular weight is 282 g/mol. The fourth-order valence-corrected chi connectivity index (χ4v) is 3.16. The van der Waals surface area contributed by atoms with Crippen LogP contribution >= 0.6 is 23.2 Å². The van der Waals surface area contributed by atoms with Gasteiger partial charge in [-0.15, -0.1) is 0 Å². The van der Waals surface area contributed by atoms with Crippen LogP contribution in [0.3, 0.4) is 0 Å². The molecule has 94 valence electrons. The second kappa shape index (κ2) is 4.90. The summed E-state index contributed by atoms with van der Waals surface area (Å²) in [6.07, 6.45) is 12.2. The number of aromatic nitrogens is 1. The van der Waals surface area contributed by atoms with Crippen LogP contribution in [0.1, 0.15) is 12.8 Å². The summed E-state index contributed by atoms with van der Waals surface area (Å²) < 4.78 is 0. The van der Waals surface area contributed by atoms with Crippen molar-refractivity contribution in [3.05, 3.63) is 34.6 Å². The molecule has 3 rings (SSSR count). The molecule has 1 fully saturated rings. The summed E-state index contributed by atoms with van der Waals surface area (Å²) in [6, 6.07) is 0. The summed E-state index contributed by atoms with van der Waals surface area (Å²) in [5.41, 5.74) is 3.52. The molecule has 1 heterocycles. The first-order valence-corrected chi connectivity index (χ1v) is 6.76. The molecular formula is C13H13Cl2N3. The molecule has 2 aliphatic carbocycles. The normalized spacial score (nSPS) is 29.3. The largest absolute Gasteiger partial charge is 0.276 e. The number of allylic oxidation sites excluding steroid dienone is 2. The maximum atomic E-state index is 5.99. The Balaban J connectivity index is 1.66. The van der Waals surface area contributed by atoms with Gasteiger partial charge < -0.3 is 0 Å². The first kappa shape index (κ1) is 12.0. The van der Waals surface area contributed by atoms with Gasteiger partial charge in [0.2, 0.25) is 0 Å². The van der Waals surface area contributed by atoms with Gasteiger partial charge in [-0.2, -0.15) is 5.10 Å². The summed E-state index contributed by atoms with van der Waals surface area (Å²) in [5, 5.41) is 5.22. The van der Waals surface area contributed by atoms with E-state index < -0.39 is 0 Å². The molecule has 0 saturated heterocycles. The molecule has 5 heteroatoms. The first-order valence-electron chi connectivity index (χ1n) is 6.00. The number of hydrogen-bond acceptors (Lipinski definition) is 3. The summed E-state index contributed by atoms with van der Waals surface area (Å²) in [7, 11) is 0. The van der Waals surface area contributed by atoms with E-state index in [0.717, 1.165) is 5.92 Å². The van der Waals surface area contributed by atoms with Gasteiger partial charge >= 0.3 is 0 Å². The summed E-state index contributed by atoms with van der Waals surface area (Å²) in [4.78, 5) is 3.90. The third kappa shape index (κ3) is 2.25. The minimum atomic E-state index is 0.479. The van der Waals surface area contributed by atoms with Crippen molar-refractivity contribution >= 4 is 35.1 Å². The van der Waals surface area contributed by atoms with Gasteiger partial charge in [-0.3, -0.25) is 10.4 Å². The van der Waals surface area contributed by atoms with E-state index in [1.54, 1.807) is 12.4 Å². The van der Waals surface area contributed by atoms with Gasteiger partial charge in [-0.05, 0) is 24.7 Å². The fraction of sp³-hybridized carbons (Fsp3) is 0.385. The van der Waals surface area contributed by atoms with E-state index in [9.17, 15) is 0 Å². The molecule has 3 atom stereocenters. The van der Waals surface area contributed by atoms with Crippen LogP contribution in [0.25, 0.3) is 0 Å². The highest BCUT2D eigenvalue weighted by Crippen LogP contribution is 2.42. The molecule has 2 aliphatic rings. The molecule has 1 N–H and O–H groups in total. The number of halogens is 2. The molecular weight excluding hydrogens is 269 g/mol. The van der Waals surface area contributed by atoms with Crippen molar-refractivity contribution < 1.29 is 0 Å². The quantitative estimate of drug-likeness (QED) is 0.517. The fourth-order valence-electron chi connectivity index (χ4n) is 2.71. The maximum absolute atomic E-state index is 5.99. The number of nitrogens with one attached hydrogen (secondary N) is 1. The van der Waals surface area contributed by atoms with Gasteiger partial charge in [-0.1, -0.05) is 35.4 Å². The van der Waals surface area contributed by atoms with Crippen LogP contribution in [0.5, 0.6) is 0 Å². The third-order valence-electron chi connectivity index (χ3n) is 3.63. The lowest BCUT2D eigenvalue weighted by Crippen LogP contribution is -2.09. The molecule has 1 aromatic rings. The topological polar surface area (TPSA) is 37.3 Å². The van der Waals surface area contributed by atoms with E-state index in [1.807, 2.05) is 6.21 Å². The highest BCUT2D eigenvalue weighted by Gasteiger charge is 2.34. The maximum Gasteiger partial charge on any atom is 0.0965 e. The molecule has 0 radical (unpaired) electrons. The smallest absolute Gasteiger partial charge is 0.0965 e. The van der Waals surface area contributed by atoms with Crippen LogP contribution in [0.4, 0.5) is 5.69 Å². The lowest BCUT2D eigenvalue weighted by atomic mass is 9.95. The lowest BCUT2D eigenvalue weighted by molar-refractivity contribution is 0.594. The second-order valence-electron chi connectivity index (χ2n) is 4.81. The zero-order valence-electron chi connectivity index (χ0n) is 9.68. The number of hydrogen-bond donors (Lipinski definition) is 1. The van der Waals surface area contributed by atoms with E-state index in [-0.39, 0.29) is 0 Å². The minimum absolute atomic E-state index is 0.479. The van der Waals surface area contributed by atoms with Crippen LogP contribution in [0.15, 0.2) is 29.6 Å². The monoisotopic (exact) mass is 281 g/mol. The number of pyridine rings is 1. The number of anilines is 1. The van der Waals surface area contributed by atoms with E-state index in [0.29, 0.717) is 27.6 Å². The van der Waals surface area contributed by atoms with Crippen molar-refractivity contribution in [3.63, 3.8) is 0 Å². The second-order valence-corrected chi connectivity index (χ2v) is 5.63. The van der Waals surface area contributed by atoms with Gasteiger partial charge in [0.05, 0.1) is 15.7 Å². The molecule has 18 heavy (non-hydrogen) atoms. The van der Waals surface area contributed by atoms with Gasteiger partial charge in [-0.25, -0.2) is 0 Å². The Morgan fingerprint density at radius 1 is 1.22 bits per heavy atom. The Morgan fingerprint density at radius 3 is 2.61 bits per heavy atom. The van der Waals surface area contributed by atoms with Crippen molar-refractivity contribution in [1.82, 2.24) is 4.98 Å². The van der Waals surface area contributed by atoms with Crippen molar-refractivity contribution in [2.45, 2.75) is 12.8 Å². The van der Waals surface area contributed by atoms with Crippen molar-refractivity contribution in [2.75, 3.05) is 5.43 Å². The summed E-state index contributed by atoms with van der Waals surface area (Å²) in [5.74, 6) is 1.94. The Hall–Kier alpha value is -1.06. The summed E-state index contributed by atoms with van der Waals surface area (Å²) >= 11 is 12.0. The third-order valence-corrected chi connectivity index (χ3v) is 4.20. The molecule has 0 aromatic carbocycles. The van der Waals surface area contributed by atoms with Crippen LogP contribution < -0.4 is 5.43 Å². The SMILES string of the molecule is Clc1cncc(Cl)c1N/N=C\[C@H]1C[C@H]2C=C[C@H]1C2. The van der Waals surface area contributed by atoms with E-state index >= 15 is 0 Å². The Kier molecular flexibility index (Phi) is 3.27. The molecule has 3 nitrogen and oxygen atoms in total. The number of nitrogens with zero attached hydrogens (tertiary/aromatic N) is 2. The van der Waals surface area contributed by atoms with Crippen LogP contribution in [-0.4, -0.2) is 11.2 Å². The number of fused-ring (bicyclic) bond motifs is 2. The zero-order chi connectivity index (χ0) is 12.5. The molecule has 0 amide bonds. The minimum Gasteiger partial charge on any atom is -0.276 e. The lowest BCUT2D eigenvalue weighted by Gasteiger charge is -2.12. The van der Waals surface area contributed by atoms with Gasteiger partial charge in [0.1, 0.15) is 0 Å². The van der Waals surface area contributed by atoms with Gasteiger partial charge in [0.25, 0.3) is 0 Å². The highest BCUT2D eigenvalue weighted by atomic mass is 35.5. The highest BCUT2D eigenvalue weighted by molar-refractivity contribution is 6.38. The Bertz CT molecular complexity index is 493. The van der Waals surface area contributed by atoms with E-state index in [1.165, 1.54) is 12.8 Å². The predicted molar refractivity (Wildman–Crippen MR) is 75.2 cm³/mol. The molecule has 2 bridgehead atoms. The van der Waals surface area contributed by atoms with E-state index in [2.05, 4.69) is 27.7 Å². The van der Waals surface area contributed by atoms with Crippen LogP contribution in [-0.2, 0) is 0 Å². The number of rotatable bonds is 3. The van der Waals surface area contributed by atoms with Gasteiger partial charge in [0.15, 0.2) is 0 Å². The summed E-state index contributed by atoms with van der Waals surface area (Å²) in [6.45, 7) is 0. The Morgan fingerprint density at radius 2 is 2.00 bits per heavy atom. The van der Waals surface area contributed by atoms with Crippen LogP contribution in [0.2, 0.25) is 10.0 Å². The van der Waals surface area contributed by atoms with E-state index in [4.69, 9.17) is 23.2 Å². The van der Waals surface area contributed by atoms with Crippen LogP contribution in [0, 0.1) is 17.8 Å². The Labute approximate surface area is 116 Å². The average Bonchev–Trinajstić information content (AvgIpc) is 2.95. The van der Waals surface area contributed by atoms with Crippen molar-refractivity contribution in [3.8, 4) is 0 Å². The molecule has 0 spiro atoms. The molecule has 0 aliphatic heterocycles. The predicted octanol–water partition coefficient (Wildman–Crippen LogP) is 4.00. The number of hydrazone groups is 1. The van der Waals surface area contributed by atoms with Gasteiger partial charge in [0, 0.05) is 24.5 Å². The molecule has 0 unspecified atom stereocenters. The standard InChI is InChI=1S/C13H13Cl2N3/c14-11-6-16-7-12(15)13(11)18-17-5-10-4-8-1-2-9(10)3-8/h1-2,5-10H,3-4H2,(H,16,18)/b17-5-/t8-,9-,10+/m0/s1. The molecule has 1 aromatic heterocycles. The first-order chi connectivity index (χ1) is 8.74. The van der Waals surface area contributed by atoms with Crippen molar-refractivity contribution in [2.24, 2.45) is 22.9 Å². The zero-order valence-corrected chi connectivity index (χ0v) is 11.2.